The molecule has 2 atom stereocenters. The minimum atomic E-state index is -0.643. The molecule has 0 spiro atoms. The summed E-state index contributed by atoms with van der Waals surface area (Å²) in [6.45, 7) is 3.14. The monoisotopic (exact) mass is 188 g/mol. The molecule has 2 aliphatic heterocycles. The molecule has 2 saturated heterocycles. The standard InChI is InChI=1S/C9H17FN2O/c1-12(9-5-13-6-9)4-8-2-7(10)3-11-8/h7-9,11H,2-6H2,1H3. The Morgan fingerprint density at radius 3 is 2.77 bits per heavy atom. The van der Waals surface area contributed by atoms with E-state index >= 15 is 0 Å². The summed E-state index contributed by atoms with van der Waals surface area (Å²) >= 11 is 0. The van der Waals surface area contributed by atoms with E-state index in [4.69, 9.17) is 4.74 Å². The fraction of sp³-hybridized carbons (Fsp3) is 1.00. The van der Waals surface area contributed by atoms with Gasteiger partial charge in [-0.15, -0.1) is 0 Å². The highest BCUT2D eigenvalue weighted by Gasteiger charge is 2.29. The number of halogens is 1. The average Bonchev–Trinajstić information content (AvgIpc) is 2.31. The second-order valence-electron chi connectivity index (χ2n) is 4.07. The van der Waals surface area contributed by atoms with Crippen LogP contribution < -0.4 is 5.32 Å². The zero-order valence-electron chi connectivity index (χ0n) is 8.00. The van der Waals surface area contributed by atoms with Crippen molar-refractivity contribution >= 4 is 0 Å². The Labute approximate surface area is 78.2 Å². The van der Waals surface area contributed by atoms with Gasteiger partial charge in [0.1, 0.15) is 6.17 Å². The number of alkyl halides is 1. The van der Waals surface area contributed by atoms with E-state index in [1.54, 1.807) is 0 Å². The van der Waals surface area contributed by atoms with Crippen LogP contribution in [0.25, 0.3) is 0 Å². The fourth-order valence-electron chi connectivity index (χ4n) is 1.88. The number of rotatable bonds is 3. The zero-order valence-corrected chi connectivity index (χ0v) is 8.00. The maximum Gasteiger partial charge on any atom is 0.114 e. The molecule has 3 nitrogen and oxygen atoms in total. The molecule has 0 bridgehead atoms. The molecule has 2 heterocycles. The summed E-state index contributed by atoms with van der Waals surface area (Å²) in [4.78, 5) is 2.26. The third-order valence-electron chi connectivity index (χ3n) is 2.92. The second-order valence-corrected chi connectivity index (χ2v) is 4.07. The van der Waals surface area contributed by atoms with E-state index in [9.17, 15) is 4.39 Å². The molecule has 4 heteroatoms. The Hall–Kier alpha value is -0.190. The Morgan fingerprint density at radius 1 is 1.54 bits per heavy atom. The van der Waals surface area contributed by atoms with Crippen molar-refractivity contribution in [1.29, 1.82) is 0 Å². The van der Waals surface area contributed by atoms with Crippen molar-refractivity contribution in [2.75, 3.05) is 33.4 Å². The van der Waals surface area contributed by atoms with Crippen LogP contribution in [0.1, 0.15) is 6.42 Å². The molecule has 0 amide bonds. The molecule has 0 aliphatic carbocycles. The molecule has 0 saturated carbocycles. The van der Waals surface area contributed by atoms with Gasteiger partial charge in [-0.3, -0.25) is 4.90 Å². The smallest absolute Gasteiger partial charge is 0.114 e. The van der Waals surface area contributed by atoms with E-state index in [0.717, 1.165) is 19.8 Å². The first kappa shape index (κ1) is 9.37. The Balaban J connectivity index is 1.71. The van der Waals surface area contributed by atoms with Gasteiger partial charge < -0.3 is 10.1 Å². The Bertz CT molecular complexity index is 175. The summed E-state index contributed by atoms with van der Waals surface area (Å²) in [5, 5.41) is 3.18. The van der Waals surface area contributed by atoms with Gasteiger partial charge in [-0.25, -0.2) is 4.39 Å². The summed E-state index contributed by atoms with van der Waals surface area (Å²) in [5.41, 5.74) is 0. The topological polar surface area (TPSA) is 24.5 Å². The van der Waals surface area contributed by atoms with Crippen molar-refractivity contribution in [2.24, 2.45) is 0 Å². The van der Waals surface area contributed by atoms with Gasteiger partial charge in [0.25, 0.3) is 0 Å². The Kier molecular flexibility index (Phi) is 2.81. The normalized spacial score (nSPS) is 35.3. The highest BCUT2D eigenvalue weighted by Crippen LogP contribution is 2.14. The van der Waals surface area contributed by atoms with E-state index in [1.807, 2.05) is 0 Å². The van der Waals surface area contributed by atoms with Gasteiger partial charge in [-0.05, 0) is 13.5 Å². The van der Waals surface area contributed by atoms with E-state index in [2.05, 4.69) is 17.3 Å². The van der Waals surface area contributed by atoms with Crippen LogP contribution in [-0.2, 0) is 4.74 Å². The van der Waals surface area contributed by atoms with E-state index in [0.29, 0.717) is 25.0 Å². The molecule has 2 aliphatic rings. The molecule has 2 unspecified atom stereocenters. The van der Waals surface area contributed by atoms with Gasteiger partial charge >= 0.3 is 0 Å². The van der Waals surface area contributed by atoms with Gasteiger partial charge in [-0.1, -0.05) is 0 Å². The highest BCUT2D eigenvalue weighted by molar-refractivity contribution is 4.86. The van der Waals surface area contributed by atoms with Crippen LogP contribution in [0.4, 0.5) is 4.39 Å². The predicted octanol–water partition coefficient (Wildman–Crippen LogP) is 0.0170. The zero-order chi connectivity index (χ0) is 9.26. The number of nitrogens with one attached hydrogen (secondary N) is 1. The van der Waals surface area contributed by atoms with Gasteiger partial charge in [0.15, 0.2) is 0 Å². The number of hydrogen-bond acceptors (Lipinski definition) is 3. The minimum Gasteiger partial charge on any atom is -0.378 e. The third kappa shape index (κ3) is 2.18. The third-order valence-corrected chi connectivity index (χ3v) is 2.92. The van der Waals surface area contributed by atoms with Gasteiger partial charge in [0.2, 0.25) is 0 Å². The van der Waals surface area contributed by atoms with E-state index in [-0.39, 0.29) is 0 Å². The van der Waals surface area contributed by atoms with Crippen LogP contribution in [-0.4, -0.2) is 56.5 Å². The summed E-state index contributed by atoms with van der Waals surface area (Å²) in [5.74, 6) is 0. The number of hydrogen-bond donors (Lipinski definition) is 1. The summed E-state index contributed by atoms with van der Waals surface area (Å²) in [6, 6.07) is 0.890. The van der Waals surface area contributed by atoms with Crippen LogP contribution in [0.15, 0.2) is 0 Å². The lowest BCUT2D eigenvalue weighted by atomic mass is 10.1. The second kappa shape index (κ2) is 3.90. The first-order valence-electron chi connectivity index (χ1n) is 4.91. The van der Waals surface area contributed by atoms with Gasteiger partial charge in [0.05, 0.1) is 19.3 Å². The molecule has 76 valence electrons. The predicted molar refractivity (Wildman–Crippen MR) is 48.5 cm³/mol. The quantitative estimate of drug-likeness (QED) is 0.675. The lowest BCUT2D eigenvalue weighted by molar-refractivity contribution is -0.0577. The molecule has 2 fully saturated rings. The lowest BCUT2D eigenvalue weighted by Crippen LogP contribution is -2.50. The molecule has 0 aromatic heterocycles. The van der Waals surface area contributed by atoms with Crippen molar-refractivity contribution in [2.45, 2.75) is 24.7 Å². The maximum absolute atomic E-state index is 12.8. The van der Waals surface area contributed by atoms with Crippen molar-refractivity contribution in [3.8, 4) is 0 Å². The molecular formula is C9H17FN2O. The van der Waals surface area contributed by atoms with Crippen LogP contribution in [0.3, 0.4) is 0 Å². The largest absolute Gasteiger partial charge is 0.378 e. The molecule has 0 aromatic carbocycles. The molecule has 1 N–H and O–H groups in total. The Morgan fingerprint density at radius 2 is 2.31 bits per heavy atom. The van der Waals surface area contributed by atoms with Crippen LogP contribution in [0, 0.1) is 0 Å². The molecule has 13 heavy (non-hydrogen) atoms. The van der Waals surface area contributed by atoms with Crippen molar-refractivity contribution in [3.63, 3.8) is 0 Å². The first-order chi connectivity index (χ1) is 6.25. The van der Waals surface area contributed by atoms with Crippen LogP contribution >= 0.6 is 0 Å². The summed E-state index contributed by atoms with van der Waals surface area (Å²) < 4.78 is 17.9. The van der Waals surface area contributed by atoms with Gasteiger partial charge in [0, 0.05) is 19.1 Å². The van der Waals surface area contributed by atoms with Crippen molar-refractivity contribution in [3.05, 3.63) is 0 Å². The minimum absolute atomic E-state index is 0.334. The number of likely N-dealkylation sites (N-methyl/N-ethyl adjacent to an activating group) is 1. The number of ether oxygens (including phenoxy) is 1. The van der Waals surface area contributed by atoms with Crippen molar-refractivity contribution < 1.29 is 9.13 Å². The SMILES string of the molecule is CN(CC1CC(F)CN1)C1COC1. The van der Waals surface area contributed by atoms with Crippen LogP contribution in [0.5, 0.6) is 0 Å². The fourth-order valence-corrected chi connectivity index (χ4v) is 1.88. The maximum atomic E-state index is 12.8. The molecule has 0 radical (unpaired) electrons. The first-order valence-corrected chi connectivity index (χ1v) is 4.91. The van der Waals surface area contributed by atoms with E-state index < -0.39 is 6.17 Å². The van der Waals surface area contributed by atoms with Crippen LogP contribution in [0.2, 0.25) is 0 Å². The molecular weight excluding hydrogens is 171 g/mol. The molecule has 0 aromatic rings. The summed E-state index contributed by atoms with van der Waals surface area (Å²) in [6.07, 6.45) is 0.0220. The number of nitrogens with zero attached hydrogens (tertiary/aromatic N) is 1. The van der Waals surface area contributed by atoms with Crippen molar-refractivity contribution in [1.82, 2.24) is 10.2 Å². The van der Waals surface area contributed by atoms with Gasteiger partial charge in [-0.2, -0.15) is 0 Å². The summed E-state index contributed by atoms with van der Waals surface area (Å²) in [7, 11) is 2.08. The average molecular weight is 188 g/mol. The highest BCUT2D eigenvalue weighted by atomic mass is 19.1. The lowest BCUT2D eigenvalue weighted by Gasteiger charge is -2.35. The molecule has 2 rings (SSSR count). The van der Waals surface area contributed by atoms with E-state index in [1.165, 1.54) is 0 Å².